The van der Waals surface area contributed by atoms with Crippen LogP contribution in [0.3, 0.4) is 0 Å². The molecule has 7 nitrogen and oxygen atoms in total. The lowest BCUT2D eigenvalue weighted by atomic mass is 10.1. The van der Waals surface area contributed by atoms with Gasteiger partial charge in [0.15, 0.2) is 5.96 Å². The molecule has 150 valence electrons. The summed E-state index contributed by atoms with van der Waals surface area (Å²) in [5.41, 5.74) is 1.90. The topological polar surface area (TPSA) is 75.2 Å². The van der Waals surface area contributed by atoms with Crippen molar-refractivity contribution in [2.24, 2.45) is 4.99 Å². The molecule has 27 heavy (non-hydrogen) atoms. The Kier molecular flexibility index (Phi) is 9.07. The van der Waals surface area contributed by atoms with Crippen molar-refractivity contribution < 1.29 is 14.3 Å². The van der Waals surface area contributed by atoms with Gasteiger partial charge in [-0.05, 0) is 37.0 Å². The van der Waals surface area contributed by atoms with Gasteiger partial charge in [0.2, 0.25) is 5.91 Å². The van der Waals surface area contributed by atoms with Gasteiger partial charge >= 0.3 is 0 Å². The Hall–Kier alpha value is -2.12. The fraction of sp³-hybridized carbons (Fsp3) is 0.600. The monoisotopic (exact) mass is 376 g/mol. The number of amides is 1. The number of nitrogens with zero attached hydrogens (tertiary/aromatic N) is 2. The molecule has 0 radical (unpaired) electrons. The van der Waals surface area contributed by atoms with Crippen LogP contribution in [0.15, 0.2) is 29.3 Å². The smallest absolute Gasteiger partial charge is 0.221 e. The maximum absolute atomic E-state index is 11.2. The summed E-state index contributed by atoms with van der Waals surface area (Å²) in [4.78, 5) is 17.9. The Morgan fingerprint density at radius 2 is 2.07 bits per heavy atom. The molecule has 1 aliphatic heterocycles. The number of anilines is 1. The Morgan fingerprint density at radius 3 is 2.74 bits per heavy atom. The van der Waals surface area contributed by atoms with Gasteiger partial charge in [-0.25, -0.2) is 0 Å². The van der Waals surface area contributed by atoms with Crippen molar-refractivity contribution in [3.63, 3.8) is 0 Å². The highest BCUT2D eigenvalue weighted by molar-refractivity contribution is 5.88. The second kappa shape index (κ2) is 11.6. The molecule has 0 bridgehead atoms. The minimum absolute atomic E-state index is 0.0665. The zero-order chi connectivity index (χ0) is 19.5. The lowest BCUT2D eigenvalue weighted by molar-refractivity contribution is -0.114. The maximum Gasteiger partial charge on any atom is 0.221 e. The molecule has 7 heteroatoms. The number of aliphatic imine (C=N–C) groups is 1. The Bertz CT molecular complexity index is 613. The SMILES string of the molecule is CN=C(NCc1cccc(NC(C)=O)c1)N1CCC(OCCCOC)CC1. The second-order valence-corrected chi connectivity index (χ2v) is 6.69. The van der Waals surface area contributed by atoms with E-state index in [1.165, 1.54) is 6.92 Å². The normalized spacial score (nSPS) is 15.7. The molecule has 0 spiro atoms. The number of nitrogens with one attached hydrogen (secondary N) is 2. The van der Waals surface area contributed by atoms with Crippen LogP contribution in [0.25, 0.3) is 0 Å². The van der Waals surface area contributed by atoms with Crippen molar-refractivity contribution in [2.75, 3.05) is 45.8 Å². The zero-order valence-corrected chi connectivity index (χ0v) is 16.7. The Labute approximate surface area is 162 Å². The molecule has 0 unspecified atom stereocenters. The number of carbonyl (C=O) groups is 1. The van der Waals surface area contributed by atoms with Crippen LogP contribution in [0.5, 0.6) is 0 Å². The fourth-order valence-electron chi connectivity index (χ4n) is 3.16. The molecule has 1 amide bonds. The van der Waals surface area contributed by atoms with E-state index >= 15 is 0 Å². The summed E-state index contributed by atoms with van der Waals surface area (Å²) >= 11 is 0. The van der Waals surface area contributed by atoms with Crippen LogP contribution < -0.4 is 10.6 Å². The maximum atomic E-state index is 11.2. The summed E-state index contributed by atoms with van der Waals surface area (Å²) < 4.78 is 11.0. The Morgan fingerprint density at radius 1 is 1.30 bits per heavy atom. The van der Waals surface area contributed by atoms with Crippen molar-refractivity contribution >= 4 is 17.6 Å². The first-order chi connectivity index (χ1) is 13.1. The number of carbonyl (C=O) groups excluding carboxylic acids is 1. The molecule has 0 aromatic heterocycles. The molecule has 1 heterocycles. The molecule has 1 aromatic carbocycles. The van der Waals surface area contributed by atoms with E-state index in [4.69, 9.17) is 9.47 Å². The number of guanidine groups is 1. The first-order valence-corrected chi connectivity index (χ1v) is 9.55. The molecule has 1 saturated heterocycles. The molecule has 0 aliphatic carbocycles. The highest BCUT2D eigenvalue weighted by Crippen LogP contribution is 2.15. The molecule has 0 atom stereocenters. The first kappa shape index (κ1) is 21.2. The third kappa shape index (κ3) is 7.56. The largest absolute Gasteiger partial charge is 0.385 e. The summed E-state index contributed by atoms with van der Waals surface area (Å²) in [6.07, 6.45) is 3.28. The number of hydrogen-bond acceptors (Lipinski definition) is 4. The van der Waals surface area contributed by atoms with Gasteiger partial charge in [0, 0.05) is 59.6 Å². The van der Waals surface area contributed by atoms with Crippen LogP contribution in [0.1, 0.15) is 31.7 Å². The molecule has 2 rings (SSSR count). The first-order valence-electron chi connectivity index (χ1n) is 9.55. The number of hydrogen-bond donors (Lipinski definition) is 2. The minimum Gasteiger partial charge on any atom is -0.385 e. The van der Waals surface area contributed by atoms with Gasteiger partial charge in [0.25, 0.3) is 0 Å². The lowest BCUT2D eigenvalue weighted by Crippen LogP contribution is -2.46. The average Bonchev–Trinajstić information content (AvgIpc) is 2.66. The van der Waals surface area contributed by atoms with E-state index in [-0.39, 0.29) is 5.91 Å². The van der Waals surface area contributed by atoms with Crippen molar-refractivity contribution in [1.82, 2.24) is 10.2 Å². The van der Waals surface area contributed by atoms with Gasteiger partial charge in [-0.2, -0.15) is 0 Å². The quantitative estimate of drug-likeness (QED) is 0.413. The van der Waals surface area contributed by atoms with E-state index in [0.29, 0.717) is 12.6 Å². The van der Waals surface area contributed by atoms with E-state index in [1.54, 1.807) is 7.11 Å². The number of benzene rings is 1. The summed E-state index contributed by atoms with van der Waals surface area (Å²) in [5.74, 6) is 0.834. The van der Waals surface area contributed by atoms with E-state index in [9.17, 15) is 4.79 Å². The molecule has 2 N–H and O–H groups in total. The fourth-order valence-corrected chi connectivity index (χ4v) is 3.16. The second-order valence-electron chi connectivity index (χ2n) is 6.69. The number of ether oxygens (including phenoxy) is 2. The standard InChI is InChI=1S/C20H32N4O3/c1-16(25)23-18-7-4-6-17(14-18)15-22-20(21-2)24-10-8-19(9-11-24)27-13-5-12-26-3/h4,6-7,14,19H,5,8-13,15H2,1-3H3,(H,21,22)(H,23,25). The van der Waals surface area contributed by atoms with Gasteiger partial charge in [0.1, 0.15) is 0 Å². The van der Waals surface area contributed by atoms with Gasteiger partial charge in [-0.1, -0.05) is 12.1 Å². The predicted molar refractivity (Wildman–Crippen MR) is 108 cm³/mol. The Balaban J connectivity index is 1.77. The van der Waals surface area contributed by atoms with E-state index in [1.807, 2.05) is 31.3 Å². The highest BCUT2D eigenvalue weighted by Gasteiger charge is 2.21. The van der Waals surface area contributed by atoms with Crippen molar-refractivity contribution in [1.29, 1.82) is 0 Å². The number of methoxy groups -OCH3 is 1. The summed E-state index contributed by atoms with van der Waals surface area (Å²) in [6, 6.07) is 7.84. The molecule has 1 fully saturated rings. The van der Waals surface area contributed by atoms with Gasteiger partial charge in [-0.15, -0.1) is 0 Å². The highest BCUT2D eigenvalue weighted by atomic mass is 16.5. The summed E-state index contributed by atoms with van der Waals surface area (Å²) in [7, 11) is 3.52. The average molecular weight is 377 g/mol. The molecular formula is C20H32N4O3. The van der Waals surface area contributed by atoms with Crippen molar-refractivity contribution in [2.45, 2.75) is 38.8 Å². The third-order valence-electron chi connectivity index (χ3n) is 4.50. The third-order valence-corrected chi connectivity index (χ3v) is 4.50. The lowest BCUT2D eigenvalue weighted by Gasteiger charge is -2.34. The molecular weight excluding hydrogens is 344 g/mol. The number of piperidine rings is 1. The van der Waals surface area contributed by atoms with E-state index < -0.39 is 0 Å². The molecule has 1 aliphatic rings. The van der Waals surface area contributed by atoms with Crippen LogP contribution in [-0.2, 0) is 20.8 Å². The summed E-state index contributed by atoms with van der Waals surface area (Å²) in [5, 5.41) is 6.23. The van der Waals surface area contributed by atoms with Crippen LogP contribution >= 0.6 is 0 Å². The zero-order valence-electron chi connectivity index (χ0n) is 16.7. The predicted octanol–water partition coefficient (Wildman–Crippen LogP) is 2.24. The van der Waals surface area contributed by atoms with E-state index in [2.05, 4.69) is 20.5 Å². The minimum atomic E-state index is -0.0665. The van der Waals surface area contributed by atoms with Crippen LogP contribution in [0.2, 0.25) is 0 Å². The number of rotatable bonds is 8. The van der Waals surface area contributed by atoms with Crippen LogP contribution in [0.4, 0.5) is 5.69 Å². The molecule has 1 aromatic rings. The molecule has 0 saturated carbocycles. The van der Waals surface area contributed by atoms with Crippen molar-refractivity contribution in [3.8, 4) is 0 Å². The van der Waals surface area contributed by atoms with E-state index in [0.717, 1.165) is 62.8 Å². The van der Waals surface area contributed by atoms with Gasteiger partial charge < -0.3 is 25.0 Å². The summed E-state index contributed by atoms with van der Waals surface area (Å²) in [6.45, 7) is 5.54. The van der Waals surface area contributed by atoms with Gasteiger partial charge in [-0.3, -0.25) is 9.79 Å². The van der Waals surface area contributed by atoms with Gasteiger partial charge in [0.05, 0.1) is 6.10 Å². The number of likely N-dealkylation sites (tertiary alicyclic amines) is 1. The van der Waals surface area contributed by atoms with Crippen molar-refractivity contribution in [3.05, 3.63) is 29.8 Å². The van der Waals surface area contributed by atoms with Crippen LogP contribution in [-0.4, -0.2) is 63.3 Å². The van der Waals surface area contributed by atoms with Crippen LogP contribution in [0, 0.1) is 0 Å².